The van der Waals surface area contributed by atoms with Crippen LogP contribution < -0.4 is 0 Å². The van der Waals surface area contributed by atoms with Crippen molar-refractivity contribution in [3.63, 3.8) is 0 Å². The summed E-state index contributed by atoms with van der Waals surface area (Å²) in [4.78, 5) is 23.0. The van der Waals surface area contributed by atoms with Gasteiger partial charge in [0.15, 0.2) is 5.69 Å². The van der Waals surface area contributed by atoms with Crippen LogP contribution in [-0.2, 0) is 11.2 Å². The number of carbonyl (C=O) groups is 2. The van der Waals surface area contributed by atoms with Crippen LogP contribution in [0.25, 0.3) is 5.69 Å². The van der Waals surface area contributed by atoms with Gasteiger partial charge in [0.25, 0.3) is 0 Å². The highest BCUT2D eigenvalue weighted by molar-refractivity contribution is 6.07. The largest absolute Gasteiger partial charge is 0.481 e. The summed E-state index contributed by atoms with van der Waals surface area (Å²) in [6.45, 7) is 0. The van der Waals surface area contributed by atoms with E-state index in [2.05, 4.69) is 10.3 Å². The van der Waals surface area contributed by atoms with Gasteiger partial charge in [-0.25, -0.2) is 4.68 Å². The second-order valence-electron chi connectivity index (χ2n) is 4.98. The lowest BCUT2D eigenvalue weighted by atomic mass is 10.1. The average Bonchev–Trinajstić information content (AvgIpc) is 3.05. The maximum atomic E-state index is 12.3. The summed E-state index contributed by atoms with van der Waals surface area (Å²) < 4.78 is 1.49. The van der Waals surface area contributed by atoms with Crippen molar-refractivity contribution in [3.8, 4) is 5.69 Å². The minimum Gasteiger partial charge on any atom is -0.481 e. The molecule has 0 aliphatic heterocycles. The van der Waals surface area contributed by atoms with Gasteiger partial charge in [-0.05, 0) is 17.7 Å². The van der Waals surface area contributed by atoms with E-state index >= 15 is 0 Å². The van der Waals surface area contributed by atoms with Crippen molar-refractivity contribution in [2.45, 2.75) is 6.42 Å². The van der Waals surface area contributed by atoms with E-state index in [4.69, 9.17) is 5.11 Å². The molecule has 2 aromatic carbocycles. The highest BCUT2D eigenvalue weighted by Crippen LogP contribution is 2.12. The number of aromatic nitrogens is 3. The normalized spacial score (nSPS) is 10.4. The third-order valence-electron chi connectivity index (χ3n) is 3.32. The quantitative estimate of drug-likeness (QED) is 0.730. The number of nitrogens with zero attached hydrogens (tertiary/aromatic N) is 3. The second kappa shape index (κ2) is 6.23. The number of carboxylic acid groups (broad SMARTS) is 1. The Balaban J connectivity index is 1.82. The zero-order valence-electron chi connectivity index (χ0n) is 12.1. The molecule has 0 bridgehead atoms. The van der Waals surface area contributed by atoms with Crippen LogP contribution in [0.5, 0.6) is 0 Å². The zero-order valence-corrected chi connectivity index (χ0v) is 12.1. The van der Waals surface area contributed by atoms with Crippen molar-refractivity contribution >= 4 is 11.8 Å². The first-order valence-corrected chi connectivity index (χ1v) is 6.97. The topological polar surface area (TPSA) is 85.1 Å². The van der Waals surface area contributed by atoms with Gasteiger partial charge in [0.1, 0.15) is 0 Å². The van der Waals surface area contributed by atoms with Crippen LogP contribution in [0.2, 0.25) is 0 Å². The van der Waals surface area contributed by atoms with E-state index in [9.17, 15) is 9.59 Å². The van der Waals surface area contributed by atoms with Crippen molar-refractivity contribution in [3.05, 3.63) is 77.6 Å². The van der Waals surface area contributed by atoms with Crippen LogP contribution in [0.1, 0.15) is 21.6 Å². The van der Waals surface area contributed by atoms with E-state index in [0.29, 0.717) is 16.8 Å². The minimum absolute atomic E-state index is 0.0324. The molecule has 23 heavy (non-hydrogen) atoms. The molecule has 3 rings (SSSR count). The van der Waals surface area contributed by atoms with Crippen LogP contribution in [0.15, 0.2) is 60.8 Å². The number of benzene rings is 2. The minimum atomic E-state index is -0.880. The third-order valence-corrected chi connectivity index (χ3v) is 3.32. The Morgan fingerprint density at radius 3 is 2.35 bits per heavy atom. The summed E-state index contributed by atoms with van der Waals surface area (Å²) in [5, 5.41) is 16.6. The van der Waals surface area contributed by atoms with E-state index in [1.165, 1.54) is 4.68 Å². The molecule has 0 fully saturated rings. The van der Waals surface area contributed by atoms with Crippen LogP contribution in [0.3, 0.4) is 0 Å². The Morgan fingerprint density at radius 1 is 1.00 bits per heavy atom. The lowest BCUT2D eigenvalue weighted by Gasteiger charge is -2.01. The maximum absolute atomic E-state index is 12.3. The van der Waals surface area contributed by atoms with E-state index in [-0.39, 0.29) is 17.9 Å². The third kappa shape index (κ3) is 3.32. The number of ketones is 1. The standard InChI is InChI=1S/C17H13N3O3/c21-16(22)10-12-6-8-14(9-7-12)20-11-15(18-19-20)17(23)13-4-2-1-3-5-13/h1-9,11H,10H2,(H,21,22). The maximum Gasteiger partial charge on any atom is 0.307 e. The van der Waals surface area contributed by atoms with Gasteiger partial charge in [0.2, 0.25) is 5.78 Å². The molecule has 0 spiro atoms. The van der Waals surface area contributed by atoms with Crippen molar-refractivity contribution in [1.29, 1.82) is 0 Å². The first-order chi connectivity index (χ1) is 11.1. The predicted octanol–water partition coefficient (Wildman–Crippen LogP) is 2.13. The summed E-state index contributed by atoms with van der Waals surface area (Å²) in [6.07, 6.45) is 1.52. The van der Waals surface area contributed by atoms with Crippen molar-refractivity contribution in [2.24, 2.45) is 0 Å². The fourth-order valence-corrected chi connectivity index (χ4v) is 2.17. The van der Waals surface area contributed by atoms with Crippen molar-refractivity contribution in [1.82, 2.24) is 15.0 Å². The Labute approximate surface area is 132 Å². The Bertz CT molecular complexity index is 839. The smallest absolute Gasteiger partial charge is 0.307 e. The van der Waals surface area contributed by atoms with E-state index in [0.717, 1.165) is 0 Å². The Hall–Kier alpha value is -3.28. The van der Waals surface area contributed by atoms with Gasteiger partial charge in [-0.1, -0.05) is 47.7 Å². The second-order valence-corrected chi connectivity index (χ2v) is 4.98. The van der Waals surface area contributed by atoms with Crippen LogP contribution in [0, 0.1) is 0 Å². The first-order valence-electron chi connectivity index (χ1n) is 6.97. The van der Waals surface area contributed by atoms with Gasteiger partial charge < -0.3 is 5.11 Å². The first kappa shape index (κ1) is 14.6. The number of carbonyl (C=O) groups excluding carboxylic acids is 1. The molecule has 6 heteroatoms. The molecule has 0 atom stereocenters. The van der Waals surface area contributed by atoms with E-state index < -0.39 is 5.97 Å². The van der Waals surface area contributed by atoms with Gasteiger partial charge in [-0.15, -0.1) is 5.10 Å². The summed E-state index contributed by atoms with van der Waals surface area (Å²) in [5.41, 5.74) is 2.21. The number of hydrogen-bond acceptors (Lipinski definition) is 4. The fraction of sp³-hybridized carbons (Fsp3) is 0.0588. The van der Waals surface area contributed by atoms with Crippen LogP contribution >= 0.6 is 0 Å². The molecule has 0 unspecified atom stereocenters. The van der Waals surface area contributed by atoms with Gasteiger partial charge in [-0.2, -0.15) is 0 Å². The molecular weight excluding hydrogens is 294 g/mol. The number of rotatable bonds is 5. The van der Waals surface area contributed by atoms with Gasteiger partial charge >= 0.3 is 5.97 Å². The molecule has 0 amide bonds. The summed E-state index contributed by atoms with van der Waals surface area (Å²) in [5.74, 6) is -1.08. The lowest BCUT2D eigenvalue weighted by molar-refractivity contribution is -0.136. The molecule has 1 N–H and O–H groups in total. The molecular formula is C17H13N3O3. The van der Waals surface area contributed by atoms with Crippen molar-refractivity contribution in [2.75, 3.05) is 0 Å². The molecule has 3 aromatic rings. The van der Waals surface area contributed by atoms with Gasteiger partial charge in [-0.3, -0.25) is 9.59 Å². The molecule has 114 valence electrons. The molecule has 0 saturated carbocycles. The predicted molar refractivity (Wildman–Crippen MR) is 82.6 cm³/mol. The Morgan fingerprint density at radius 2 is 1.70 bits per heavy atom. The lowest BCUT2D eigenvalue weighted by Crippen LogP contribution is -2.01. The van der Waals surface area contributed by atoms with Gasteiger partial charge in [0, 0.05) is 5.56 Å². The highest BCUT2D eigenvalue weighted by Gasteiger charge is 2.13. The number of hydrogen-bond donors (Lipinski definition) is 1. The van der Waals surface area contributed by atoms with Gasteiger partial charge in [0.05, 0.1) is 18.3 Å². The zero-order chi connectivity index (χ0) is 16.2. The molecule has 0 aliphatic rings. The average molecular weight is 307 g/mol. The Kier molecular flexibility index (Phi) is 3.97. The monoisotopic (exact) mass is 307 g/mol. The molecule has 0 aliphatic carbocycles. The number of carboxylic acids is 1. The summed E-state index contributed by atoms with van der Waals surface area (Å²) >= 11 is 0. The van der Waals surface area contributed by atoms with Crippen LogP contribution in [0.4, 0.5) is 0 Å². The SMILES string of the molecule is O=C(O)Cc1ccc(-n2cc(C(=O)c3ccccc3)nn2)cc1. The number of aliphatic carboxylic acids is 1. The summed E-state index contributed by atoms with van der Waals surface area (Å²) in [7, 11) is 0. The van der Waals surface area contributed by atoms with E-state index in [1.54, 1.807) is 54.7 Å². The van der Waals surface area contributed by atoms with Crippen molar-refractivity contribution < 1.29 is 14.7 Å². The molecule has 0 saturated heterocycles. The fourth-order valence-electron chi connectivity index (χ4n) is 2.17. The molecule has 0 radical (unpaired) electrons. The molecule has 6 nitrogen and oxygen atoms in total. The molecule has 1 aromatic heterocycles. The van der Waals surface area contributed by atoms with E-state index in [1.807, 2.05) is 6.07 Å². The molecule has 1 heterocycles. The van der Waals surface area contributed by atoms with Crippen LogP contribution in [-0.4, -0.2) is 31.9 Å². The highest BCUT2D eigenvalue weighted by atomic mass is 16.4. The summed E-state index contributed by atoms with van der Waals surface area (Å²) in [6, 6.07) is 15.8.